The summed E-state index contributed by atoms with van der Waals surface area (Å²) in [5, 5.41) is 12.1. The predicted molar refractivity (Wildman–Crippen MR) is 104 cm³/mol. The van der Waals surface area contributed by atoms with Crippen LogP contribution >= 0.6 is 12.4 Å². The first-order chi connectivity index (χ1) is 11.3. The molecule has 2 nitrogen and oxygen atoms in total. The Morgan fingerprint density at radius 3 is 2.42 bits per heavy atom. The molecule has 0 bridgehead atoms. The highest BCUT2D eigenvalue weighted by molar-refractivity contribution is 5.85. The van der Waals surface area contributed by atoms with Gasteiger partial charge in [-0.1, -0.05) is 68.7 Å². The molecule has 1 aromatic carbocycles. The highest BCUT2D eigenvalue weighted by atomic mass is 35.5. The minimum absolute atomic E-state index is 0. The summed E-state index contributed by atoms with van der Waals surface area (Å²) in [4.78, 5) is 2.50. The van der Waals surface area contributed by atoms with E-state index in [1.54, 1.807) is 0 Å². The number of rotatable bonds is 5. The largest absolute Gasteiger partial charge is 0.383 e. The van der Waals surface area contributed by atoms with Gasteiger partial charge >= 0.3 is 0 Å². The highest BCUT2D eigenvalue weighted by Gasteiger charge is 2.46. The average molecular weight is 350 g/mol. The summed E-state index contributed by atoms with van der Waals surface area (Å²) >= 11 is 0. The van der Waals surface area contributed by atoms with Crippen LogP contribution < -0.4 is 0 Å². The molecule has 1 aliphatic heterocycles. The van der Waals surface area contributed by atoms with Crippen LogP contribution in [0.3, 0.4) is 0 Å². The molecule has 1 fully saturated rings. The van der Waals surface area contributed by atoms with Gasteiger partial charge in [-0.05, 0) is 37.2 Å². The van der Waals surface area contributed by atoms with Crippen molar-refractivity contribution in [2.24, 2.45) is 5.92 Å². The topological polar surface area (TPSA) is 23.5 Å². The Hall–Kier alpha value is -0.830. The second-order valence-electron chi connectivity index (χ2n) is 7.21. The summed E-state index contributed by atoms with van der Waals surface area (Å²) in [5.41, 5.74) is 0.398. The maximum atomic E-state index is 12.1. The second-order valence-corrected chi connectivity index (χ2v) is 7.21. The van der Waals surface area contributed by atoms with E-state index in [9.17, 15) is 5.11 Å². The highest BCUT2D eigenvalue weighted by Crippen LogP contribution is 2.44. The third kappa shape index (κ3) is 3.87. The molecule has 1 heterocycles. The van der Waals surface area contributed by atoms with Crippen molar-refractivity contribution in [3.8, 4) is 0 Å². The van der Waals surface area contributed by atoms with Gasteiger partial charge in [-0.3, -0.25) is 4.90 Å². The zero-order valence-corrected chi connectivity index (χ0v) is 15.7. The summed E-state index contributed by atoms with van der Waals surface area (Å²) < 4.78 is 0. The molecule has 0 saturated heterocycles. The van der Waals surface area contributed by atoms with Crippen molar-refractivity contribution in [1.29, 1.82) is 0 Å². The number of nitrogens with zero attached hydrogens (tertiary/aromatic N) is 1. The molecule has 1 N–H and O–H groups in total. The molecule has 134 valence electrons. The Kier molecular flexibility index (Phi) is 7.34. The Morgan fingerprint density at radius 1 is 1.12 bits per heavy atom. The zero-order valence-electron chi connectivity index (χ0n) is 14.9. The van der Waals surface area contributed by atoms with E-state index >= 15 is 0 Å². The van der Waals surface area contributed by atoms with Crippen molar-refractivity contribution < 1.29 is 5.11 Å². The van der Waals surface area contributed by atoms with Crippen molar-refractivity contribution in [3.63, 3.8) is 0 Å². The van der Waals surface area contributed by atoms with E-state index in [1.807, 2.05) is 0 Å². The molecular weight excluding hydrogens is 318 g/mol. The third-order valence-corrected chi connectivity index (χ3v) is 5.89. The first-order valence-corrected chi connectivity index (χ1v) is 9.43. The number of hydrogen-bond donors (Lipinski definition) is 1. The van der Waals surface area contributed by atoms with Crippen LogP contribution in [0, 0.1) is 5.92 Å². The average Bonchev–Trinajstić information content (AvgIpc) is 2.64. The predicted octanol–water partition coefficient (Wildman–Crippen LogP) is 4.92. The van der Waals surface area contributed by atoms with Crippen LogP contribution in [0.2, 0.25) is 0 Å². The van der Waals surface area contributed by atoms with Gasteiger partial charge in [0.1, 0.15) is 5.60 Å². The van der Waals surface area contributed by atoms with Gasteiger partial charge in [-0.15, -0.1) is 12.4 Å². The van der Waals surface area contributed by atoms with Crippen LogP contribution in [-0.2, 0) is 5.60 Å². The summed E-state index contributed by atoms with van der Waals surface area (Å²) in [6, 6.07) is 10.7. The summed E-state index contributed by atoms with van der Waals surface area (Å²) in [6.45, 7) is 4.27. The Bertz CT molecular complexity index is 512. The van der Waals surface area contributed by atoms with E-state index in [-0.39, 0.29) is 18.4 Å². The molecule has 0 aromatic heterocycles. The fourth-order valence-corrected chi connectivity index (χ4v) is 4.74. The van der Waals surface area contributed by atoms with Crippen LogP contribution in [0.1, 0.15) is 57.4 Å². The normalized spacial score (nSPS) is 23.2. The van der Waals surface area contributed by atoms with E-state index in [0.717, 1.165) is 44.3 Å². The molecule has 1 aliphatic carbocycles. The van der Waals surface area contributed by atoms with Crippen LogP contribution in [-0.4, -0.2) is 29.1 Å². The number of halogens is 1. The van der Waals surface area contributed by atoms with E-state index in [4.69, 9.17) is 0 Å². The monoisotopic (exact) mass is 349 g/mol. The maximum absolute atomic E-state index is 12.1. The summed E-state index contributed by atoms with van der Waals surface area (Å²) in [7, 11) is 0. The van der Waals surface area contributed by atoms with E-state index in [2.05, 4.69) is 54.3 Å². The Morgan fingerprint density at radius 2 is 1.83 bits per heavy atom. The summed E-state index contributed by atoms with van der Waals surface area (Å²) in [6.07, 6.45) is 12.8. The first-order valence-electron chi connectivity index (χ1n) is 9.43. The smallest absolute Gasteiger partial charge is 0.108 e. The molecule has 2 atom stereocenters. The summed E-state index contributed by atoms with van der Waals surface area (Å²) in [5.74, 6) is 0.384. The number of benzene rings is 1. The third-order valence-electron chi connectivity index (χ3n) is 5.89. The maximum Gasteiger partial charge on any atom is 0.108 e. The lowest BCUT2D eigenvalue weighted by atomic mass is 9.68. The van der Waals surface area contributed by atoms with Gasteiger partial charge in [0, 0.05) is 19.1 Å². The van der Waals surface area contributed by atoms with Crippen molar-refractivity contribution >= 4 is 12.4 Å². The molecule has 0 radical (unpaired) electrons. The molecule has 24 heavy (non-hydrogen) atoms. The SMILES string of the molecule is CCC(N1CC=CCC1)C(O)(c1ccccc1)C1CCCCC1.Cl. The van der Waals surface area contributed by atoms with Gasteiger partial charge in [-0.25, -0.2) is 0 Å². The number of aliphatic hydroxyl groups is 1. The number of hydrogen-bond acceptors (Lipinski definition) is 2. The Labute approximate surface area is 153 Å². The van der Waals surface area contributed by atoms with Crippen LogP contribution in [0.5, 0.6) is 0 Å². The van der Waals surface area contributed by atoms with Crippen LogP contribution in [0.15, 0.2) is 42.5 Å². The molecule has 1 saturated carbocycles. The lowest BCUT2D eigenvalue weighted by Crippen LogP contribution is -2.55. The molecule has 2 aliphatic rings. The van der Waals surface area contributed by atoms with Crippen LogP contribution in [0.4, 0.5) is 0 Å². The molecular formula is C21H32ClNO. The van der Waals surface area contributed by atoms with Crippen molar-refractivity contribution in [3.05, 3.63) is 48.0 Å². The lowest BCUT2D eigenvalue weighted by Gasteiger charge is -2.48. The molecule has 3 heteroatoms. The van der Waals surface area contributed by atoms with Gasteiger partial charge in [0.05, 0.1) is 0 Å². The standard InChI is InChI=1S/C21H31NO.ClH/c1-2-20(22-16-10-5-11-17-22)21(23,18-12-6-3-7-13-18)19-14-8-4-9-15-19;/h3,5-7,10,12-13,19-20,23H,2,4,8-9,11,14-17H2,1H3;1H. The molecule has 0 amide bonds. The lowest BCUT2D eigenvalue weighted by molar-refractivity contribution is -0.106. The first kappa shape index (κ1) is 19.5. The van der Waals surface area contributed by atoms with Crippen molar-refractivity contribution in [2.45, 2.75) is 63.5 Å². The second kappa shape index (κ2) is 9.03. The minimum atomic E-state index is -0.721. The quantitative estimate of drug-likeness (QED) is 0.763. The van der Waals surface area contributed by atoms with Gasteiger partial charge in [0.2, 0.25) is 0 Å². The molecule has 3 rings (SSSR count). The zero-order chi connectivity index (χ0) is 16.1. The fraction of sp³-hybridized carbons (Fsp3) is 0.619. The molecule has 2 unspecified atom stereocenters. The van der Waals surface area contributed by atoms with Gasteiger partial charge in [0.15, 0.2) is 0 Å². The van der Waals surface area contributed by atoms with E-state index in [1.165, 1.54) is 19.3 Å². The van der Waals surface area contributed by atoms with Gasteiger partial charge < -0.3 is 5.11 Å². The Balaban J connectivity index is 0.00000208. The van der Waals surface area contributed by atoms with E-state index < -0.39 is 5.60 Å². The van der Waals surface area contributed by atoms with E-state index in [0.29, 0.717) is 5.92 Å². The molecule has 0 spiro atoms. The van der Waals surface area contributed by atoms with Gasteiger partial charge in [-0.2, -0.15) is 0 Å². The van der Waals surface area contributed by atoms with Gasteiger partial charge in [0.25, 0.3) is 0 Å². The van der Waals surface area contributed by atoms with Crippen molar-refractivity contribution in [2.75, 3.05) is 13.1 Å². The van der Waals surface area contributed by atoms with Crippen molar-refractivity contribution in [1.82, 2.24) is 4.90 Å². The fourth-order valence-electron chi connectivity index (χ4n) is 4.74. The minimum Gasteiger partial charge on any atom is -0.383 e. The van der Waals surface area contributed by atoms with Crippen LogP contribution in [0.25, 0.3) is 0 Å². The molecule has 1 aromatic rings.